The lowest BCUT2D eigenvalue weighted by molar-refractivity contribution is 0.0938. The standard InChI is InChI=1S/C19H21N3OS2/c1-13-21-17(18(25-13)14-8-5-4-6-9-14)19(23)20-12-15(22(2)3)16-10-7-11-24-16/h4-11,15H,12H2,1-3H3,(H,20,23). The fourth-order valence-electron chi connectivity index (χ4n) is 2.66. The molecule has 3 aromatic rings. The third kappa shape index (κ3) is 4.15. The molecule has 2 heterocycles. The number of hydrogen-bond donors (Lipinski definition) is 1. The minimum atomic E-state index is -0.119. The molecule has 25 heavy (non-hydrogen) atoms. The van der Waals surface area contributed by atoms with Crippen molar-refractivity contribution in [1.29, 1.82) is 0 Å². The van der Waals surface area contributed by atoms with E-state index >= 15 is 0 Å². The number of likely N-dealkylation sites (N-methyl/N-ethyl adjacent to an activating group) is 1. The van der Waals surface area contributed by atoms with Gasteiger partial charge in [0.15, 0.2) is 0 Å². The summed E-state index contributed by atoms with van der Waals surface area (Å²) in [6, 6.07) is 14.2. The molecule has 0 bridgehead atoms. The second-order valence-corrected chi connectivity index (χ2v) is 8.16. The van der Waals surface area contributed by atoms with Crippen LogP contribution in [-0.4, -0.2) is 36.4 Å². The van der Waals surface area contributed by atoms with Crippen LogP contribution in [0, 0.1) is 6.92 Å². The summed E-state index contributed by atoms with van der Waals surface area (Å²) in [6.45, 7) is 2.49. The normalized spacial score (nSPS) is 12.3. The summed E-state index contributed by atoms with van der Waals surface area (Å²) in [5.41, 5.74) is 1.54. The third-order valence-electron chi connectivity index (χ3n) is 3.94. The van der Waals surface area contributed by atoms with E-state index in [4.69, 9.17) is 0 Å². The van der Waals surface area contributed by atoms with Gasteiger partial charge >= 0.3 is 0 Å². The van der Waals surface area contributed by atoms with Crippen LogP contribution in [0.5, 0.6) is 0 Å². The number of carbonyl (C=O) groups is 1. The van der Waals surface area contributed by atoms with Crippen LogP contribution in [0.3, 0.4) is 0 Å². The van der Waals surface area contributed by atoms with E-state index in [0.29, 0.717) is 12.2 Å². The minimum absolute atomic E-state index is 0.119. The van der Waals surface area contributed by atoms with E-state index in [0.717, 1.165) is 15.4 Å². The average molecular weight is 372 g/mol. The van der Waals surface area contributed by atoms with Gasteiger partial charge in [-0.05, 0) is 38.0 Å². The number of thiophene rings is 1. The Hall–Kier alpha value is -2.02. The zero-order valence-electron chi connectivity index (χ0n) is 14.5. The number of rotatable bonds is 6. The zero-order valence-corrected chi connectivity index (χ0v) is 16.2. The zero-order chi connectivity index (χ0) is 17.8. The van der Waals surface area contributed by atoms with E-state index in [1.165, 1.54) is 4.88 Å². The summed E-state index contributed by atoms with van der Waals surface area (Å²) in [5, 5.41) is 6.02. The molecule has 4 nitrogen and oxygen atoms in total. The second-order valence-electron chi connectivity index (χ2n) is 5.98. The lowest BCUT2D eigenvalue weighted by Gasteiger charge is -2.23. The quantitative estimate of drug-likeness (QED) is 0.706. The summed E-state index contributed by atoms with van der Waals surface area (Å²) in [7, 11) is 4.05. The number of aromatic nitrogens is 1. The number of nitrogens with one attached hydrogen (secondary N) is 1. The predicted molar refractivity (Wildman–Crippen MR) is 105 cm³/mol. The van der Waals surface area contributed by atoms with Crippen LogP contribution >= 0.6 is 22.7 Å². The Bertz CT molecular complexity index is 826. The van der Waals surface area contributed by atoms with E-state index < -0.39 is 0 Å². The Morgan fingerprint density at radius 2 is 1.96 bits per heavy atom. The summed E-state index contributed by atoms with van der Waals surface area (Å²) in [4.78, 5) is 21.5. The monoisotopic (exact) mass is 371 g/mol. The highest BCUT2D eigenvalue weighted by Crippen LogP contribution is 2.30. The molecule has 1 amide bonds. The molecule has 1 N–H and O–H groups in total. The molecule has 1 unspecified atom stereocenters. The van der Waals surface area contributed by atoms with Gasteiger partial charge in [-0.3, -0.25) is 4.79 Å². The van der Waals surface area contributed by atoms with Crippen molar-refractivity contribution in [3.63, 3.8) is 0 Å². The van der Waals surface area contributed by atoms with E-state index in [2.05, 4.69) is 26.6 Å². The molecule has 130 valence electrons. The Morgan fingerprint density at radius 3 is 2.60 bits per heavy atom. The molecule has 0 aliphatic carbocycles. The first kappa shape index (κ1) is 17.8. The Balaban J connectivity index is 1.78. The largest absolute Gasteiger partial charge is 0.349 e. The number of carbonyl (C=O) groups excluding carboxylic acids is 1. The smallest absolute Gasteiger partial charge is 0.271 e. The SMILES string of the molecule is Cc1nc(C(=O)NCC(c2cccs2)N(C)C)c(-c2ccccc2)s1. The molecule has 0 saturated heterocycles. The molecule has 0 radical (unpaired) electrons. The predicted octanol–water partition coefficient (Wildman–Crippen LogP) is 4.21. The van der Waals surface area contributed by atoms with E-state index in [-0.39, 0.29) is 11.9 Å². The van der Waals surface area contributed by atoms with Gasteiger partial charge in [0.1, 0.15) is 5.69 Å². The first-order valence-corrected chi connectivity index (χ1v) is 9.76. The average Bonchev–Trinajstić information content (AvgIpc) is 3.25. The van der Waals surface area contributed by atoms with Gasteiger partial charge < -0.3 is 10.2 Å². The van der Waals surface area contributed by atoms with Gasteiger partial charge in [-0.2, -0.15) is 0 Å². The van der Waals surface area contributed by atoms with Crippen molar-refractivity contribution in [2.24, 2.45) is 0 Å². The van der Waals surface area contributed by atoms with E-state index in [1.807, 2.05) is 57.4 Å². The maximum Gasteiger partial charge on any atom is 0.271 e. The third-order valence-corrected chi connectivity index (χ3v) is 5.93. The van der Waals surface area contributed by atoms with Crippen molar-refractivity contribution in [1.82, 2.24) is 15.2 Å². The summed E-state index contributed by atoms with van der Waals surface area (Å²) in [6.07, 6.45) is 0. The fraction of sp³-hybridized carbons (Fsp3) is 0.263. The lowest BCUT2D eigenvalue weighted by Crippen LogP contribution is -2.34. The number of nitrogens with zero attached hydrogens (tertiary/aromatic N) is 2. The topological polar surface area (TPSA) is 45.2 Å². The van der Waals surface area contributed by atoms with Crippen LogP contribution in [0.2, 0.25) is 0 Å². The number of thiazole rings is 1. The molecule has 1 aromatic carbocycles. The molecule has 1 atom stereocenters. The van der Waals surface area contributed by atoms with Crippen LogP contribution in [0.15, 0.2) is 47.8 Å². The molecule has 0 saturated carbocycles. The molecule has 0 aliphatic rings. The van der Waals surface area contributed by atoms with Crippen LogP contribution in [0.1, 0.15) is 26.4 Å². The van der Waals surface area contributed by atoms with Crippen molar-refractivity contribution < 1.29 is 4.79 Å². The molecular formula is C19H21N3OS2. The summed E-state index contributed by atoms with van der Waals surface area (Å²) in [5.74, 6) is -0.119. The van der Waals surface area contributed by atoms with Gasteiger partial charge in [-0.15, -0.1) is 22.7 Å². The van der Waals surface area contributed by atoms with Crippen molar-refractivity contribution >= 4 is 28.6 Å². The van der Waals surface area contributed by atoms with Crippen LogP contribution < -0.4 is 5.32 Å². The highest BCUT2D eigenvalue weighted by molar-refractivity contribution is 7.15. The van der Waals surface area contributed by atoms with E-state index in [1.54, 1.807) is 22.7 Å². The van der Waals surface area contributed by atoms with Crippen LogP contribution in [-0.2, 0) is 0 Å². The number of benzene rings is 1. The molecule has 0 spiro atoms. The maximum atomic E-state index is 12.8. The number of aryl methyl sites for hydroxylation is 1. The van der Waals surface area contributed by atoms with Crippen LogP contribution in [0.4, 0.5) is 0 Å². The van der Waals surface area contributed by atoms with Crippen LogP contribution in [0.25, 0.3) is 10.4 Å². The van der Waals surface area contributed by atoms with E-state index in [9.17, 15) is 4.79 Å². The summed E-state index contributed by atoms with van der Waals surface area (Å²) >= 11 is 3.26. The number of hydrogen-bond acceptors (Lipinski definition) is 5. The highest BCUT2D eigenvalue weighted by atomic mass is 32.1. The maximum absolute atomic E-state index is 12.8. The van der Waals surface area contributed by atoms with Crippen molar-refractivity contribution in [2.75, 3.05) is 20.6 Å². The Labute approximate surface area is 156 Å². The molecule has 2 aromatic heterocycles. The van der Waals surface area contributed by atoms with Crippen molar-refractivity contribution in [3.8, 4) is 10.4 Å². The fourth-order valence-corrected chi connectivity index (χ4v) is 4.50. The molecule has 6 heteroatoms. The van der Waals surface area contributed by atoms with Crippen molar-refractivity contribution in [3.05, 3.63) is 63.4 Å². The van der Waals surface area contributed by atoms with Gasteiger partial charge in [0.2, 0.25) is 0 Å². The van der Waals surface area contributed by atoms with Crippen molar-refractivity contribution in [2.45, 2.75) is 13.0 Å². The molecular weight excluding hydrogens is 350 g/mol. The van der Waals surface area contributed by atoms with Gasteiger partial charge in [-0.25, -0.2) is 4.98 Å². The number of amides is 1. The van der Waals surface area contributed by atoms with Gasteiger partial charge in [-0.1, -0.05) is 36.4 Å². The first-order valence-electron chi connectivity index (χ1n) is 8.07. The molecule has 3 rings (SSSR count). The van der Waals surface area contributed by atoms with Gasteiger partial charge in [0.05, 0.1) is 15.9 Å². The highest BCUT2D eigenvalue weighted by Gasteiger charge is 2.21. The second kappa shape index (κ2) is 7.91. The molecule has 0 fully saturated rings. The lowest BCUT2D eigenvalue weighted by atomic mass is 10.1. The Morgan fingerprint density at radius 1 is 1.20 bits per heavy atom. The van der Waals surface area contributed by atoms with Gasteiger partial charge in [0, 0.05) is 11.4 Å². The minimum Gasteiger partial charge on any atom is -0.349 e. The van der Waals surface area contributed by atoms with Gasteiger partial charge in [0.25, 0.3) is 5.91 Å². The first-order chi connectivity index (χ1) is 12.1. The molecule has 0 aliphatic heterocycles. The summed E-state index contributed by atoms with van der Waals surface area (Å²) < 4.78 is 0. The Kier molecular flexibility index (Phi) is 5.63.